The number of hydrogen-bond acceptors (Lipinski definition) is 4. The zero-order valence-electron chi connectivity index (χ0n) is 14.1. The summed E-state index contributed by atoms with van der Waals surface area (Å²) >= 11 is 0. The fraction of sp³-hybridized carbons (Fsp3) is 0.778. The van der Waals surface area contributed by atoms with E-state index in [4.69, 9.17) is 4.98 Å². The molecule has 2 aliphatic rings. The molecule has 2 heterocycles. The molecule has 1 aromatic rings. The summed E-state index contributed by atoms with van der Waals surface area (Å²) in [5, 5.41) is 3.66. The molecule has 1 aliphatic carbocycles. The van der Waals surface area contributed by atoms with Gasteiger partial charge in [-0.15, -0.1) is 0 Å². The summed E-state index contributed by atoms with van der Waals surface area (Å²) in [4.78, 5) is 11.9. The summed E-state index contributed by atoms with van der Waals surface area (Å²) in [7, 11) is 0. The van der Waals surface area contributed by atoms with E-state index in [1.807, 2.05) is 6.92 Å². The number of rotatable bonds is 4. The van der Waals surface area contributed by atoms with Crippen molar-refractivity contribution in [3.63, 3.8) is 0 Å². The largest absolute Gasteiger partial charge is 0.367 e. The van der Waals surface area contributed by atoms with Gasteiger partial charge in [0, 0.05) is 24.7 Å². The Morgan fingerprint density at radius 1 is 1.09 bits per heavy atom. The molecular formula is C18H30N4. The highest BCUT2D eigenvalue weighted by Crippen LogP contribution is 2.27. The Kier molecular flexibility index (Phi) is 5.16. The van der Waals surface area contributed by atoms with Crippen molar-refractivity contribution < 1.29 is 0 Å². The van der Waals surface area contributed by atoms with Crippen molar-refractivity contribution >= 4 is 11.6 Å². The molecule has 1 atom stereocenters. The maximum Gasteiger partial charge on any atom is 0.134 e. The van der Waals surface area contributed by atoms with Crippen molar-refractivity contribution in [2.75, 3.05) is 16.8 Å². The number of aromatic nitrogens is 2. The lowest BCUT2D eigenvalue weighted by Crippen LogP contribution is -2.39. The first kappa shape index (κ1) is 15.6. The van der Waals surface area contributed by atoms with E-state index in [2.05, 4.69) is 28.2 Å². The molecule has 1 aliphatic heterocycles. The van der Waals surface area contributed by atoms with Gasteiger partial charge in [0.25, 0.3) is 0 Å². The van der Waals surface area contributed by atoms with Crippen LogP contribution in [-0.4, -0.2) is 28.6 Å². The lowest BCUT2D eigenvalue weighted by molar-refractivity contribution is 0.446. The summed E-state index contributed by atoms with van der Waals surface area (Å²) < 4.78 is 0. The summed E-state index contributed by atoms with van der Waals surface area (Å²) in [5.41, 5.74) is 0. The van der Waals surface area contributed by atoms with Crippen molar-refractivity contribution in [3.8, 4) is 0 Å². The molecule has 2 fully saturated rings. The van der Waals surface area contributed by atoms with Crippen molar-refractivity contribution in [2.45, 2.75) is 83.7 Å². The lowest BCUT2D eigenvalue weighted by Gasteiger charge is -2.36. The van der Waals surface area contributed by atoms with E-state index >= 15 is 0 Å². The fourth-order valence-corrected chi connectivity index (χ4v) is 3.96. The molecule has 4 heteroatoms. The minimum atomic E-state index is 0.597. The van der Waals surface area contributed by atoms with Gasteiger partial charge in [0.05, 0.1) is 0 Å². The third kappa shape index (κ3) is 3.71. The normalized spacial score (nSPS) is 23.5. The van der Waals surface area contributed by atoms with E-state index in [1.165, 1.54) is 57.8 Å². The van der Waals surface area contributed by atoms with Crippen LogP contribution in [0.25, 0.3) is 0 Å². The van der Waals surface area contributed by atoms with Crippen LogP contribution >= 0.6 is 0 Å². The van der Waals surface area contributed by atoms with Crippen LogP contribution in [0.5, 0.6) is 0 Å². The van der Waals surface area contributed by atoms with E-state index in [0.29, 0.717) is 12.1 Å². The Labute approximate surface area is 134 Å². The number of aryl methyl sites for hydroxylation is 1. The highest BCUT2D eigenvalue weighted by atomic mass is 15.2. The van der Waals surface area contributed by atoms with Gasteiger partial charge in [-0.05, 0) is 45.4 Å². The first-order chi connectivity index (χ1) is 10.8. The molecule has 0 bridgehead atoms. The van der Waals surface area contributed by atoms with Gasteiger partial charge in [-0.3, -0.25) is 0 Å². The van der Waals surface area contributed by atoms with Gasteiger partial charge in [0.1, 0.15) is 17.5 Å². The molecule has 1 saturated heterocycles. The first-order valence-electron chi connectivity index (χ1n) is 9.15. The van der Waals surface area contributed by atoms with Crippen LogP contribution in [0.2, 0.25) is 0 Å². The number of nitrogens with zero attached hydrogens (tertiary/aromatic N) is 3. The van der Waals surface area contributed by atoms with Crippen LogP contribution in [0.4, 0.5) is 11.6 Å². The molecule has 0 spiro atoms. The molecule has 3 rings (SSSR count). The molecule has 1 aromatic heterocycles. The van der Waals surface area contributed by atoms with E-state index in [0.717, 1.165) is 24.0 Å². The van der Waals surface area contributed by atoms with Crippen molar-refractivity contribution in [1.82, 2.24) is 9.97 Å². The second-order valence-electron chi connectivity index (χ2n) is 6.89. The number of piperidine rings is 1. The van der Waals surface area contributed by atoms with Crippen molar-refractivity contribution in [1.29, 1.82) is 0 Å². The zero-order chi connectivity index (χ0) is 15.4. The van der Waals surface area contributed by atoms with Crippen LogP contribution in [0, 0.1) is 6.92 Å². The molecule has 0 aromatic carbocycles. The number of hydrogen-bond donors (Lipinski definition) is 1. The van der Waals surface area contributed by atoms with Crippen LogP contribution in [0.1, 0.15) is 70.5 Å². The second kappa shape index (κ2) is 7.30. The number of nitrogens with one attached hydrogen (secondary N) is 1. The van der Waals surface area contributed by atoms with E-state index in [9.17, 15) is 0 Å². The van der Waals surface area contributed by atoms with Crippen LogP contribution in [0.15, 0.2) is 6.07 Å². The Balaban J connectivity index is 1.76. The third-order valence-electron chi connectivity index (χ3n) is 5.17. The standard InChI is InChI=1S/C18H30N4/c1-3-16-11-7-8-12-22(16)18-13-17(19-14(2)20-18)21-15-9-5-4-6-10-15/h13,15-16H,3-12H2,1-2H3,(H,19,20,21). The van der Waals surface area contributed by atoms with Crippen LogP contribution in [-0.2, 0) is 0 Å². The van der Waals surface area contributed by atoms with E-state index < -0.39 is 0 Å². The van der Waals surface area contributed by atoms with Crippen molar-refractivity contribution in [2.24, 2.45) is 0 Å². The van der Waals surface area contributed by atoms with Gasteiger partial charge in [-0.2, -0.15) is 0 Å². The average molecular weight is 302 g/mol. The van der Waals surface area contributed by atoms with Gasteiger partial charge in [0.2, 0.25) is 0 Å². The predicted octanol–water partition coefficient (Wildman–Crippen LogP) is 4.30. The summed E-state index contributed by atoms with van der Waals surface area (Å²) in [6.45, 7) is 5.44. The van der Waals surface area contributed by atoms with Crippen LogP contribution in [0.3, 0.4) is 0 Å². The minimum Gasteiger partial charge on any atom is -0.367 e. The Bertz CT molecular complexity index is 482. The first-order valence-corrected chi connectivity index (χ1v) is 9.15. The Morgan fingerprint density at radius 3 is 2.64 bits per heavy atom. The minimum absolute atomic E-state index is 0.597. The van der Waals surface area contributed by atoms with Gasteiger partial charge in [0.15, 0.2) is 0 Å². The fourth-order valence-electron chi connectivity index (χ4n) is 3.96. The van der Waals surface area contributed by atoms with Gasteiger partial charge >= 0.3 is 0 Å². The second-order valence-corrected chi connectivity index (χ2v) is 6.89. The van der Waals surface area contributed by atoms with Crippen LogP contribution < -0.4 is 10.2 Å². The maximum atomic E-state index is 4.72. The Hall–Kier alpha value is -1.32. The molecule has 122 valence electrons. The molecule has 1 saturated carbocycles. The topological polar surface area (TPSA) is 41.0 Å². The molecule has 0 radical (unpaired) electrons. The summed E-state index contributed by atoms with van der Waals surface area (Å²) in [6.07, 6.45) is 11.8. The highest BCUT2D eigenvalue weighted by molar-refractivity contribution is 5.50. The quantitative estimate of drug-likeness (QED) is 0.900. The molecule has 1 unspecified atom stereocenters. The van der Waals surface area contributed by atoms with E-state index in [-0.39, 0.29) is 0 Å². The smallest absolute Gasteiger partial charge is 0.134 e. The molecule has 22 heavy (non-hydrogen) atoms. The van der Waals surface area contributed by atoms with Gasteiger partial charge in [-0.25, -0.2) is 9.97 Å². The molecular weight excluding hydrogens is 272 g/mol. The maximum absolute atomic E-state index is 4.72. The zero-order valence-corrected chi connectivity index (χ0v) is 14.1. The lowest BCUT2D eigenvalue weighted by atomic mass is 9.95. The summed E-state index contributed by atoms with van der Waals surface area (Å²) in [6, 6.07) is 3.42. The molecule has 1 N–H and O–H groups in total. The van der Waals surface area contributed by atoms with E-state index in [1.54, 1.807) is 0 Å². The van der Waals surface area contributed by atoms with Crippen molar-refractivity contribution in [3.05, 3.63) is 11.9 Å². The van der Waals surface area contributed by atoms with Gasteiger partial charge in [-0.1, -0.05) is 26.2 Å². The Morgan fingerprint density at radius 2 is 1.86 bits per heavy atom. The SMILES string of the molecule is CCC1CCCCN1c1cc(NC2CCCCC2)nc(C)n1. The predicted molar refractivity (Wildman–Crippen MR) is 92.5 cm³/mol. The molecule has 4 nitrogen and oxygen atoms in total. The highest BCUT2D eigenvalue weighted by Gasteiger charge is 2.23. The van der Waals surface area contributed by atoms with Gasteiger partial charge < -0.3 is 10.2 Å². The average Bonchev–Trinajstić information content (AvgIpc) is 2.55. The summed E-state index contributed by atoms with van der Waals surface area (Å²) in [5.74, 6) is 3.03. The third-order valence-corrected chi connectivity index (χ3v) is 5.17. The monoisotopic (exact) mass is 302 g/mol. The molecule has 0 amide bonds. The number of anilines is 2.